The minimum absolute atomic E-state index is 0.279. The number of anilines is 1. The standard InChI is InChI=1S/C10H16BrN3O/c1-3-4-9(7-15-2)14-10-12-5-8(11)6-13-10/h5-6,9H,3-4,7H2,1-2H3,(H,12,13,14). The Morgan fingerprint density at radius 2 is 2.13 bits per heavy atom. The minimum Gasteiger partial charge on any atom is -0.383 e. The zero-order valence-electron chi connectivity index (χ0n) is 9.03. The first-order chi connectivity index (χ1) is 7.26. The van der Waals surface area contributed by atoms with E-state index in [4.69, 9.17) is 4.74 Å². The van der Waals surface area contributed by atoms with Gasteiger partial charge in [0.2, 0.25) is 5.95 Å². The Balaban J connectivity index is 2.53. The highest BCUT2D eigenvalue weighted by Crippen LogP contribution is 2.09. The van der Waals surface area contributed by atoms with Gasteiger partial charge in [0.15, 0.2) is 0 Å². The van der Waals surface area contributed by atoms with Gasteiger partial charge in [-0.2, -0.15) is 0 Å². The molecule has 0 saturated heterocycles. The average Bonchev–Trinajstić information content (AvgIpc) is 2.22. The van der Waals surface area contributed by atoms with Crippen LogP contribution in [0.5, 0.6) is 0 Å². The maximum atomic E-state index is 5.13. The van der Waals surface area contributed by atoms with Crippen LogP contribution in [0.1, 0.15) is 19.8 Å². The summed E-state index contributed by atoms with van der Waals surface area (Å²) in [6.45, 7) is 2.82. The normalized spacial score (nSPS) is 12.5. The van der Waals surface area contributed by atoms with E-state index < -0.39 is 0 Å². The minimum atomic E-state index is 0.279. The highest BCUT2D eigenvalue weighted by Gasteiger charge is 2.08. The van der Waals surface area contributed by atoms with E-state index in [9.17, 15) is 0 Å². The second-order valence-electron chi connectivity index (χ2n) is 3.31. The van der Waals surface area contributed by atoms with Crippen molar-refractivity contribution in [2.75, 3.05) is 19.0 Å². The summed E-state index contributed by atoms with van der Waals surface area (Å²) in [6.07, 6.45) is 5.61. The first kappa shape index (κ1) is 12.4. The van der Waals surface area contributed by atoms with E-state index >= 15 is 0 Å². The number of nitrogens with one attached hydrogen (secondary N) is 1. The molecule has 1 aromatic rings. The molecule has 4 nitrogen and oxygen atoms in total. The van der Waals surface area contributed by atoms with E-state index in [0.29, 0.717) is 12.6 Å². The molecule has 1 heterocycles. The van der Waals surface area contributed by atoms with Gasteiger partial charge in [0.25, 0.3) is 0 Å². The second-order valence-corrected chi connectivity index (χ2v) is 4.23. The summed E-state index contributed by atoms with van der Waals surface area (Å²) in [5.74, 6) is 0.647. The highest BCUT2D eigenvalue weighted by atomic mass is 79.9. The Morgan fingerprint density at radius 3 is 2.67 bits per heavy atom. The van der Waals surface area contributed by atoms with Crippen LogP contribution in [0.2, 0.25) is 0 Å². The zero-order valence-corrected chi connectivity index (χ0v) is 10.6. The van der Waals surface area contributed by atoms with E-state index in [2.05, 4.69) is 38.1 Å². The average molecular weight is 274 g/mol. The molecule has 1 aromatic heterocycles. The van der Waals surface area contributed by atoms with Crippen LogP contribution in [0.3, 0.4) is 0 Å². The summed E-state index contributed by atoms with van der Waals surface area (Å²) in [7, 11) is 1.70. The third-order valence-corrected chi connectivity index (χ3v) is 2.37. The maximum Gasteiger partial charge on any atom is 0.222 e. The van der Waals surface area contributed by atoms with E-state index in [1.165, 1.54) is 0 Å². The highest BCUT2D eigenvalue weighted by molar-refractivity contribution is 9.10. The summed E-state index contributed by atoms with van der Waals surface area (Å²) in [6, 6.07) is 0.279. The molecule has 15 heavy (non-hydrogen) atoms. The fraction of sp³-hybridized carbons (Fsp3) is 0.600. The lowest BCUT2D eigenvalue weighted by atomic mass is 10.2. The molecule has 1 unspecified atom stereocenters. The third kappa shape index (κ3) is 4.57. The quantitative estimate of drug-likeness (QED) is 0.865. The van der Waals surface area contributed by atoms with Crippen molar-refractivity contribution in [1.29, 1.82) is 0 Å². The van der Waals surface area contributed by atoms with Crippen LogP contribution in [0, 0.1) is 0 Å². The van der Waals surface area contributed by atoms with Crippen LogP contribution in [-0.4, -0.2) is 29.7 Å². The number of aromatic nitrogens is 2. The molecule has 0 amide bonds. The first-order valence-corrected chi connectivity index (χ1v) is 5.78. The van der Waals surface area contributed by atoms with Gasteiger partial charge >= 0.3 is 0 Å². The van der Waals surface area contributed by atoms with Crippen molar-refractivity contribution in [3.05, 3.63) is 16.9 Å². The predicted octanol–water partition coefficient (Wildman–Crippen LogP) is 2.47. The Morgan fingerprint density at radius 1 is 1.47 bits per heavy atom. The lowest BCUT2D eigenvalue weighted by Crippen LogP contribution is -2.25. The molecule has 5 heteroatoms. The van der Waals surface area contributed by atoms with Gasteiger partial charge in [-0.3, -0.25) is 0 Å². The van der Waals surface area contributed by atoms with E-state index in [-0.39, 0.29) is 6.04 Å². The molecule has 0 bridgehead atoms. The number of rotatable bonds is 6. The summed E-state index contributed by atoms with van der Waals surface area (Å²) in [5.41, 5.74) is 0. The van der Waals surface area contributed by atoms with Crippen molar-refractivity contribution in [1.82, 2.24) is 9.97 Å². The predicted molar refractivity (Wildman–Crippen MR) is 63.9 cm³/mol. The first-order valence-electron chi connectivity index (χ1n) is 4.99. The maximum absolute atomic E-state index is 5.13. The van der Waals surface area contributed by atoms with Crippen molar-refractivity contribution >= 4 is 21.9 Å². The van der Waals surface area contributed by atoms with Crippen LogP contribution >= 0.6 is 15.9 Å². The molecular weight excluding hydrogens is 258 g/mol. The van der Waals surface area contributed by atoms with Gasteiger partial charge < -0.3 is 10.1 Å². The van der Waals surface area contributed by atoms with Gasteiger partial charge in [0, 0.05) is 19.5 Å². The van der Waals surface area contributed by atoms with Crippen molar-refractivity contribution < 1.29 is 4.74 Å². The van der Waals surface area contributed by atoms with Crippen LogP contribution in [0.4, 0.5) is 5.95 Å². The summed E-state index contributed by atoms with van der Waals surface area (Å²) in [5, 5.41) is 3.24. The smallest absolute Gasteiger partial charge is 0.222 e. The van der Waals surface area contributed by atoms with Gasteiger partial charge in [-0.15, -0.1) is 0 Å². The number of nitrogens with zero attached hydrogens (tertiary/aromatic N) is 2. The van der Waals surface area contributed by atoms with E-state index in [1.807, 2.05) is 0 Å². The topological polar surface area (TPSA) is 47.0 Å². The van der Waals surface area contributed by atoms with Crippen molar-refractivity contribution in [2.45, 2.75) is 25.8 Å². The third-order valence-electron chi connectivity index (χ3n) is 1.96. The lowest BCUT2D eigenvalue weighted by molar-refractivity contribution is 0.182. The molecule has 0 spiro atoms. The molecule has 1 rings (SSSR count). The number of hydrogen-bond acceptors (Lipinski definition) is 4. The molecule has 0 aliphatic heterocycles. The molecule has 1 N–H and O–H groups in total. The van der Waals surface area contributed by atoms with Crippen LogP contribution in [-0.2, 0) is 4.74 Å². The second kappa shape index (κ2) is 6.74. The Labute approximate surface area is 98.6 Å². The zero-order chi connectivity index (χ0) is 11.1. The fourth-order valence-corrected chi connectivity index (χ4v) is 1.52. The van der Waals surface area contributed by atoms with Gasteiger partial charge in [-0.05, 0) is 22.4 Å². The molecule has 0 aliphatic rings. The monoisotopic (exact) mass is 273 g/mol. The largest absolute Gasteiger partial charge is 0.383 e. The molecular formula is C10H16BrN3O. The summed E-state index contributed by atoms with van der Waals surface area (Å²) in [4.78, 5) is 8.32. The van der Waals surface area contributed by atoms with E-state index in [0.717, 1.165) is 17.3 Å². The Kier molecular flexibility index (Phi) is 5.57. The Bertz CT molecular complexity index is 273. The molecule has 0 radical (unpaired) electrons. The fourth-order valence-electron chi connectivity index (χ4n) is 1.32. The van der Waals surface area contributed by atoms with Crippen LogP contribution in [0.15, 0.2) is 16.9 Å². The van der Waals surface area contributed by atoms with Crippen molar-refractivity contribution in [3.63, 3.8) is 0 Å². The molecule has 1 atom stereocenters. The van der Waals surface area contributed by atoms with Gasteiger partial charge in [0.05, 0.1) is 17.1 Å². The summed E-state index contributed by atoms with van der Waals surface area (Å²) < 4.78 is 6.01. The number of halogens is 1. The van der Waals surface area contributed by atoms with Crippen LogP contribution < -0.4 is 5.32 Å². The molecule has 0 saturated carbocycles. The van der Waals surface area contributed by atoms with Gasteiger partial charge in [-0.1, -0.05) is 13.3 Å². The number of ether oxygens (including phenoxy) is 1. The molecule has 84 valence electrons. The van der Waals surface area contributed by atoms with E-state index in [1.54, 1.807) is 19.5 Å². The molecule has 0 aliphatic carbocycles. The Hall–Kier alpha value is -0.680. The van der Waals surface area contributed by atoms with Crippen LogP contribution in [0.25, 0.3) is 0 Å². The van der Waals surface area contributed by atoms with Gasteiger partial charge in [-0.25, -0.2) is 9.97 Å². The number of methoxy groups -OCH3 is 1. The SMILES string of the molecule is CCCC(COC)Nc1ncc(Br)cn1. The molecule has 0 fully saturated rings. The number of hydrogen-bond donors (Lipinski definition) is 1. The van der Waals surface area contributed by atoms with Gasteiger partial charge in [0.1, 0.15) is 0 Å². The molecule has 0 aromatic carbocycles. The van der Waals surface area contributed by atoms with Crippen molar-refractivity contribution in [2.24, 2.45) is 0 Å². The van der Waals surface area contributed by atoms with Crippen molar-refractivity contribution in [3.8, 4) is 0 Å². The summed E-state index contributed by atoms with van der Waals surface area (Å²) >= 11 is 3.30. The lowest BCUT2D eigenvalue weighted by Gasteiger charge is -2.16.